The van der Waals surface area contributed by atoms with Crippen LogP contribution in [0.1, 0.15) is 32.4 Å². The molecule has 1 aromatic rings. The molecule has 7 heteroatoms. The molecule has 0 spiro atoms. The maximum absolute atomic E-state index is 12.5. The first-order chi connectivity index (χ1) is 10.4. The number of rotatable bonds is 3. The van der Waals surface area contributed by atoms with Gasteiger partial charge in [0.2, 0.25) is 11.8 Å². The van der Waals surface area contributed by atoms with E-state index < -0.39 is 5.41 Å². The molecule has 6 nitrogen and oxygen atoms in total. The summed E-state index contributed by atoms with van der Waals surface area (Å²) in [4.78, 5) is 30.3. The van der Waals surface area contributed by atoms with Gasteiger partial charge >= 0.3 is 0 Å². The average molecular weight is 341 g/mol. The van der Waals surface area contributed by atoms with E-state index in [-0.39, 0.29) is 36.8 Å². The average Bonchev–Trinajstić information content (AvgIpc) is 2.52. The van der Waals surface area contributed by atoms with Crippen molar-refractivity contribution in [3.05, 3.63) is 30.1 Å². The zero-order valence-electron chi connectivity index (χ0n) is 13.8. The standard InChI is InChI=1S/C16H24N4O2.ClH/c1-16(2,3)15(22)19-11-14(21)20-8-7-18-10-13(20)12-5-4-6-17-9-12;/h4-6,9,13,18H,7-8,10-11H2,1-3H3,(H,19,22);1H. The second kappa shape index (κ2) is 8.26. The van der Waals surface area contributed by atoms with Crippen LogP contribution in [0.2, 0.25) is 0 Å². The molecule has 0 aliphatic carbocycles. The smallest absolute Gasteiger partial charge is 0.242 e. The highest BCUT2D eigenvalue weighted by Gasteiger charge is 2.29. The van der Waals surface area contributed by atoms with Crippen LogP contribution in [-0.4, -0.2) is 47.9 Å². The molecule has 1 aliphatic heterocycles. The predicted molar refractivity (Wildman–Crippen MR) is 91.3 cm³/mol. The monoisotopic (exact) mass is 340 g/mol. The number of nitrogens with zero attached hydrogens (tertiary/aromatic N) is 2. The fraction of sp³-hybridized carbons (Fsp3) is 0.562. The second-order valence-corrected chi connectivity index (χ2v) is 6.53. The minimum absolute atomic E-state index is 0. The van der Waals surface area contributed by atoms with Crippen LogP contribution >= 0.6 is 12.4 Å². The largest absolute Gasteiger partial charge is 0.347 e. The lowest BCUT2D eigenvalue weighted by Crippen LogP contribution is -2.52. The maximum Gasteiger partial charge on any atom is 0.242 e. The van der Waals surface area contributed by atoms with E-state index in [2.05, 4.69) is 15.6 Å². The van der Waals surface area contributed by atoms with Crippen molar-refractivity contribution >= 4 is 24.2 Å². The Bertz CT molecular complexity index is 531. The molecule has 23 heavy (non-hydrogen) atoms. The molecule has 0 saturated carbocycles. The summed E-state index contributed by atoms with van der Waals surface area (Å²) in [5.41, 5.74) is 0.511. The zero-order chi connectivity index (χ0) is 16.2. The first-order valence-electron chi connectivity index (χ1n) is 7.58. The predicted octanol–water partition coefficient (Wildman–Crippen LogP) is 1.14. The zero-order valence-corrected chi connectivity index (χ0v) is 14.7. The van der Waals surface area contributed by atoms with Crippen molar-refractivity contribution in [2.24, 2.45) is 5.41 Å². The van der Waals surface area contributed by atoms with Gasteiger partial charge in [0.05, 0.1) is 12.6 Å². The van der Waals surface area contributed by atoms with Gasteiger partial charge in [-0.3, -0.25) is 14.6 Å². The highest BCUT2D eigenvalue weighted by atomic mass is 35.5. The van der Waals surface area contributed by atoms with E-state index in [1.807, 2.05) is 37.8 Å². The number of carbonyl (C=O) groups is 2. The molecule has 2 rings (SSSR count). The van der Waals surface area contributed by atoms with Crippen molar-refractivity contribution in [2.75, 3.05) is 26.2 Å². The van der Waals surface area contributed by atoms with Gasteiger partial charge in [-0.1, -0.05) is 26.8 Å². The maximum atomic E-state index is 12.5. The van der Waals surface area contributed by atoms with E-state index >= 15 is 0 Å². The van der Waals surface area contributed by atoms with Crippen molar-refractivity contribution < 1.29 is 9.59 Å². The first-order valence-corrected chi connectivity index (χ1v) is 7.58. The highest BCUT2D eigenvalue weighted by Crippen LogP contribution is 2.21. The van der Waals surface area contributed by atoms with Gasteiger partial charge in [-0.2, -0.15) is 0 Å². The van der Waals surface area contributed by atoms with E-state index in [9.17, 15) is 9.59 Å². The first kappa shape index (κ1) is 19.4. The third kappa shape index (κ3) is 5.18. The van der Waals surface area contributed by atoms with Crippen LogP contribution in [0.5, 0.6) is 0 Å². The van der Waals surface area contributed by atoms with E-state index in [1.165, 1.54) is 0 Å². The molecule has 2 N–H and O–H groups in total. The normalized spacial score (nSPS) is 18.0. The molecule has 2 amide bonds. The molecule has 0 radical (unpaired) electrons. The van der Waals surface area contributed by atoms with E-state index in [0.717, 1.165) is 12.1 Å². The summed E-state index contributed by atoms with van der Waals surface area (Å²) in [7, 11) is 0. The molecule has 128 valence electrons. The summed E-state index contributed by atoms with van der Waals surface area (Å²) in [5, 5.41) is 6.02. The number of nitrogens with one attached hydrogen (secondary N) is 2. The lowest BCUT2D eigenvalue weighted by molar-refractivity contribution is -0.137. The van der Waals surface area contributed by atoms with Crippen molar-refractivity contribution in [3.63, 3.8) is 0 Å². The molecule has 1 atom stereocenters. The number of carbonyl (C=O) groups excluding carboxylic acids is 2. The van der Waals surface area contributed by atoms with Crippen molar-refractivity contribution in [1.82, 2.24) is 20.5 Å². The van der Waals surface area contributed by atoms with E-state index in [0.29, 0.717) is 13.1 Å². The molecule has 1 fully saturated rings. The summed E-state index contributed by atoms with van der Waals surface area (Å²) in [6.45, 7) is 7.61. The minimum atomic E-state index is -0.494. The summed E-state index contributed by atoms with van der Waals surface area (Å²) in [5.74, 6) is -0.179. The van der Waals surface area contributed by atoms with Gasteiger partial charge in [0.25, 0.3) is 0 Å². The molecular weight excluding hydrogens is 316 g/mol. The van der Waals surface area contributed by atoms with Gasteiger partial charge in [-0.15, -0.1) is 12.4 Å². The summed E-state index contributed by atoms with van der Waals surface area (Å²) < 4.78 is 0. The SMILES string of the molecule is CC(C)(C)C(=O)NCC(=O)N1CCNCC1c1cccnc1.Cl. The van der Waals surface area contributed by atoms with Crippen molar-refractivity contribution in [1.29, 1.82) is 0 Å². The number of amides is 2. The second-order valence-electron chi connectivity index (χ2n) is 6.53. The van der Waals surface area contributed by atoms with Crippen LogP contribution in [0.4, 0.5) is 0 Å². The number of aromatic nitrogens is 1. The Morgan fingerprint density at radius 2 is 2.17 bits per heavy atom. The number of pyridine rings is 1. The molecule has 1 aromatic heterocycles. The highest BCUT2D eigenvalue weighted by molar-refractivity contribution is 5.87. The van der Waals surface area contributed by atoms with E-state index in [4.69, 9.17) is 0 Å². The Morgan fingerprint density at radius 3 is 2.78 bits per heavy atom. The third-order valence-electron chi connectivity index (χ3n) is 3.71. The minimum Gasteiger partial charge on any atom is -0.347 e. The molecule has 1 unspecified atom stereocenters. The van der Waals surface area contributed by atoms with Crippen LogP contribution in [0.15, 0.2) is 24.5 Å². The van der Waals surface area contributed by atoms with Crippen molar-refractivity contribution in [2.45, 2.75) is 26.8 Å². The number of hydrogen-bond donors (Lipinski definition) is 2. The number of halogens is 1. The molecule has 0 aromatic carbocycles. The molecule has 1 aliphatic rings. The fourth-order valence-corrected chi connectivity index (χ4v) is 2.40. The topological polar surface area (TPSA) is 74.3 Å². The van der Waals surface area contributed by atoms with Crippen LogP contribution in [-0.2, 0) is 9.59 Å². The van der Waals surface area contributed by atoms with Gasteiger partial charge < -0.3 is 15.5 Å². The van der Waals surface area contributed by atoms with Gasteiger partial charge in [-0.25, -0.2) is 0 Å². The summed E-state index contributed by atoms with van der Waals surface area (Å²) >= 11 is 0. The Morgan fingerprint density at radius 1 is 1.43 bits per heavy atom. The fourth-order valence-electron chi connectivity index (χ4n) is 2.40. The Balaban J connectivity index is 0.00000264. The Labute approximate surface area is 143 Å². The third-order valence-corrected chi connectivity index (χ3v) is 3.71. The van der Waals surface area contributed by atoms with Crippen LogP contribution in [0, 0.1) is 5.41 Å². The van der Waals surface area contributed by atoms with Crippen molar-refractivity contribution in [3.8, 4) is 0 Å². The van der Waals surface area contributed by atoms with Gasteiger partial charge in [0.15, 0.2) is 0 Å². The van der Waals surface area contributed by atoms with Crippen LogP contribution in [0.3, 0.4) is 0 Å². The van der Waals surface area contributed by atoms with Gasteiger partial charge in [-0.05, 0) is 11.6 Å². The number of piperazine rings is 1. The Kier molecular flexibility index (Phi) is 6.97. The van der Waals surface area contributed by atoms with E-state index in [1.54, 1.807) is 12.4 Å². The lowest BCUT2D eigenvalue weighted by atomic mass is 9.96. The Hall–Kier alpha value is -1.66. The number of hydrogen-bond acceptors (Lipinski definition) is 4. The van der Waals surface area contributed by atoms with Gasteiger partial charge in [0, 0.05) is 37.4 Å². The molecule has 1 saturated heterocycles. The molecular formula is C16H25ClN4O2. The summed E-state index contributed by atoms with van der Waals surface area (Å²) in [6, 6.07) is 3.80. The lowest BCUT2D eigenvalue weighted by Gasteiger charge is -2.36. The molecule has 2 heterocycles. The summed E-state index contributed by atoms with van der Waals surface area (Å²) in [6.07, 6.45) is 3.50. The van der Waals surface area contributed by atoms with Crippen LogP contribution in [0.25, 0.3) is 0 Å². The quantitative estimate of drug-likeness (QED) is 0.865. The molecule has 0 bridgehead atoms. The van der Waals surface area contributed by atoms with Gasteiger partial charge in [0.1, 0.15) is 0 Å². The van der Waals surface area contributed by atoms with Crippen LogP contribution < -0.4 is 10.6 Å².